The Labute approximate surface area is 99.7 Å². The van der Waals surface area contributed by atoms with Crippen molar-refractivity contribution in [3.8, 4) is 11.1 Å². The summed E-state index contributed by atoms with van der Waals surface area (Å²) in [6, 6.07) is 9.80. The molecule has 0 bridgehead atoms. The van der Waals surface area contributed by atoms with Gasteiger partial charge < -0.3 is 0 Å². The smallest absolute Gasteiger partial charge is 0.282 e. The van der Waals surface area contributed by atoms with E-state index in [-0.39, 0.29) is 4.90 Å². The molecule has 4 nitrogen and oxygen atoms in total. The summed E-state index contributed by atoms with van der Waals surface area (Å²) in [5.74, 6) is 0. The first kappa shape index (κ1) is 11.8. The van der Waals surface area contributed by atoms with E-state index < -0.39 is 10.1 Å². The molecule has 0 aliphatic carbocycles. The normalized spacial score (nSPS) is 11.4. The van der Waals surface area contributed by atoms with Crippen LogP contribution in [0.4, 0.5) is 0 Å². The average Bonchev–Trinajstić information content (AvgIpc) is 2.28. The largest absolute Gasteiger partial charge is 0.294 e. The highest BCUT2D eigenvalue weighted by atomic mass is 32.2. The Morgan fingerprint density at radius 2 is 1.71 bits per heavy atom. The van der Waals surface area contributed by atoms with Crippen LogP contribution < -0.4 is 0 Å². The van der Waals surface area contributed by atoms with Crippen molar-refractivity contribution in [2.75, 3.05) is 0 Å². The number of hydrogen-bond donors (Lipinski definition) is 1. The minimum Gasteiger partial charge on any atom is -0.282 e. The fraction of sp³-hybridized carbons (Fsp3) is 0.0833. The van der Waals surface area contributed by atoms with E-state index in [0.29, 0.717) is 0 Å². The van der Waals surface area contributed by atoms with Crippen molar-refractivity contribution in [1.29, 1.82) is 0 Å². The van der Waals surface area contributed by atoms with Gasteiger partial charge >= 0.3 is 0 Å². The topological polar surface area (TPSA) is 67.3 Å². The van der Waals surface area contributed by atoms with Crippen molar-refractivity contribution in [2.24, 2.45) is 0 Å². The summed E-state index contributed by atoms with van der Waals surface area (Å²) < 4.78 is 30.6. The lowest BCUT2D eigenvalue weighted by Crippen LogP contribution is -1.97. The molecule has 0 atom stereocenters. The van der Waals surface area contributed by atoms with Crippen molar-refractivity contribution < 1.29 is 13.0 Å². The van der Waals surface area contributed by atoms with E-state index in [2.05, 4.69) is 4.98 Å². The third-order valence-electron chi connectivity index (χ3n) is 2.38. The molecule has 88 valence electrons. The van der Waals surface area contributed by atoms with Crippen molar-refractivity contribution in [3.63, 3.8) is 0 Å². The second kappa shape index (κ2) is 4.27. The van der Waals surface area contributed by atoms with E-state index in [0.717, 1.165) is 16.8 Å². The molecule has 1 aromatic carbocycles. The van der Waals surface area contributed by atoms with Crippen LogP contribution in [-0.4, -0.2) is 18.0 Å². The number of pyridine rings is 1. The Kier molecular flexibility index (Phi) is 2.95. The van der Waals surface area contributed by atoms with E-state index in [1.54, 1.807) is 18.3 Å². The van der Waals surface area contributed by atoms with Crippen LogP contribution in [0.3, 0.4) is 0 Å². The maximum atomic E-state index is 10.9. The van der Waals surface area contributed by atoms with Gasteiger partial charge in [-0.25, -0.2) is 0 Å². The number of aromatic nitrogens is 1. The maximum Gasteiger partial charge on any atom is 0.294 e. The van der Waals surface area contributed by atoms with Gasteiger partial charge in [-0.1, -0.05) is 12.1 Å². The fourth-order valence-electron chi connectivity index (χ4n) is 1.54. The quantitative estimate of drug-likeness (QED) is 0.829. The van der Waals surface area contributed by atoms with Gasteiger partial charge in [-0.2, -0.15) is 8.42 Å². The molecule has 0 fully saturated rings. The summed E-state index contributed by atoms with van der Waals surface area (Å²) in [6.07, 6.45) is 1.70. The zero-order valence-electron chi connectivity index (χ0n) is 9.16. The second-order valence-corrected chi connectivity index (χ2v) is 5.11. The first-order chi connectivity index (χ1) is 7.97. The van der Waals surface area contributed by atoms with Crippen LogP contribution in [0.1, 0.15) is 5.69 Å². The third-order valence-corrected chi connectivity index (χ3v) is 3.25. The van der Waals surface area contributed by atoms with Crippen molar-refractivity contribution >= 4 is 10.1 Å². The van der Waals surface area contributed by atoms with Gasteiger partial charge in [0.25, 0.3) is 10.1 Å². The number of aryl methyl sites for hydroxylation is 1. The lowest BCUT2D eigenvalue weighted by atomic mass is 10.1. The SMILES string of the molecule is Cc1cc(-c2ccc(S(=O)(=O)O)cc2)ccn1. The van der Waals surface area contributed by atoms with Gasteiger partial charge in [0.2, 0.25) is 0 Å². The Bertz CT molecular complexity index is 633. The Hall–Kier alpha value is -1.72. The van der Waals surface area contributed by atoms with Crippen molar-refractivity contribution in [3.05, 3.63) is 48.3 Å². The monoisotopic (exact) mass is 249 g/mol. The summed E-state index contributed by atoms with van der Waals surface area (Å²) in [4.78, 5) is 3.98. The van der Waals surface area contributed by atoms with Gasteiger partial charge in [-0.05, 0) is 42.3 Å². The molecule has 0 radical (unpaired) electrons. The molecule has 0 spiro atoms. The van der Waals surface area contributed by atoms with Crippen LogP contribution >= 0.6 is 0 Å². The highest BCUT2D eigenvalue weighted by Gasteiger charge is 2.08. The minimum absolute atomic E-state index is 0.105. The van der Waals surface area contributed by atoms with E-state index >= 15 is 0 Å². The van der Waals surface area contributed by atoms with Crippen LogP contribution in [0.2, 0.25) is 0 Å². The number of rotatable bonds is 2. The predicted molar refractivity (Wildman–Crippen MR) is 64.2 cm³/mol. The molecule has 0 amide bonds. The molecule has 0 saturated carbocycles. The van der Waals surface area contributed by atoms with Gasteiger partial charge in [0.15, 0.2) is 0 Å². The molecular weight excluding hydrogens is 238 g/mol. The standard InChI is InChI=1S/C12H11NO3S/c1-9-8-11(6-7-13-9)10-2-4-12(5-3-10)17(14,15)16/h2-8H,1H3,(H,14,15,16). The molecule has 0 aliphatic rings. The number of nitrogens with zero attached hydrogens (tertiary/aromatic N) is 1. The zero-order valence-corrected chi connectivity index (χ0v) is 9.98. The molecule has 0 unspecified atom stereocenters. The number of hydrogen-bond acceptors (Lipinski definition) is 3. The van der Waals surface area contributed by atoms with Crippen LogP contribution in [0.25, 0.3) is 11.1 Å². The summed E-state index contributed by atoms with van der Waals surface area (Å²) in [5, 5.41) is 0. The molecule has 1 aromatic heterocycles. The summed E-state index contributed by atoms with van der Waals surface area (Å²) in [6.45, 7) is 1.88. The molecule has 2 rings (SSSR count). The first-order valence-corrected chi connectivity index (χ1v) is 6.41. The molecule has 0 saturated heterocycles. The average molecular weight is 249 g/mol. The molecule has 17 heavy (non-hydrogen) atoms. The minimum atomic E-state index is -4.12. The van der Waals surface area contributed by atoms with Gasteiger partial charge in [-0.15, -0.1) is 0 Å². The lowest BCUT2D eigenvalue weighted by molar-refractivity contribution is 0.483. The van der Waals surface area contributed by atoms with Gasteiger partial charge in [0.05, 0.1) is 4.90 Å². The third kappa shape index (κ3) is 2.69. The van der Waals surface area contributed by atoms with E-state index in [4.69, 9.17) is 4.55 Å². The Morgan fingerprint density at radius 3 is 2.24 bits per heavy atom. The zero-order chi connectivity index (χ0) is 12.5. The number of benzene rings is 1. The Balaban J connectivity index is 2.43. The van der Waals surface area contributed by atoms with Crippen LogP contribution in [-0.2, 0) is 10.1 Å². The molecule has 5 heteroatoms. The summed E-state index contributed by atoms with van der Waals surface area (Å²) in [5.41, 5.74) is 2.73. The maximum absolute atomic E-state index is 10.9. The van der Waals surface area contributed by atoms with Gasteiger partial charge in [0, 0.05) is 11.9 Å². The molecular formula is C12H11NO3S. The van der Waals surface area contributed by atoms with Gasteiger partial charge in [-0.3, -0.25) is 9.54 Å². The predicted octanol–water partition coefficient (Wildman–Crippen LogP) is 2.30. The van der Waals surface area contributed by atoms with E-state index in [1.807, 2.05) is 19.1 Å². The van der Waals surface area contributed by atoms with E-state index in [9.17, 15) is 8.42 Å². The van der Waals surface area contributed by atoms with E-state index in [1.165, 1.54) is 12.1 Å². The van der Waals surface area contributed by atoms with Crippen LogP contribution in [0.5, 0.6) is 0 Å². The van der Waals surface area contributed by atoms with Crippen LogP contribution in [0, 0.1) is 6.92 Å². The molecule has 1 heterocycles. The lowest BCUT2D eigenvalue weighted by Gasteiger charge is -2.03. The van der Waals surface area contributed by atoms with Crippen LogP contribution in [0.15, 0.2) is 47.5 Å². The molecule has 2 aromatic rings. The molecule has 1 N–H and O–H groups in total. The summed E-state index contributed by atoms with van der Waals surface area (Å²) in [7, 11) is -4.12. The Morgan fingerprint density at radius 1 is 1.06 bits per heavy atom. The second-order valence-electron chi connectivity index (χ2n) is 3.69. The summed E-state index contributed by atoms with van der Waals surface area (Å²) >= 11 is 0. The van der Waals surface area contributed by atoms with Gasteiger partial charge in [0.1, 0.15) is 0 Å². The fourth-order valence-corrected chi connectivity index (χ4v) is 2.02. The first-order valence-electron chi connectivity index (χ1n) is 4.97. The highest BCUT2D eigenvalue weighted by Crippen LogP contribution is 2.21. The van der Waals surface area contributed by atoms with Crippen molar-refractivity contribution in [2.45, 2.75) is 11.8 Å². The molecule has 0 aliphatic heterocycles. The van der Waals surface area contributed by atoms with Crippen molar-refractivity contribution in [1.82, 2.24) is 4.98 Å². The highest BCUT2D eigenvalue weighted by molar-refractivity contribution is 7.85.